The molecule has 2 saturated heterocycles. The number of morpholine rings is 1. The molecule has 2 aliphatic rings. The largest absolute Gasteiger partial charge is 0.378 e. The van der Waals surface area contributed by atoms with Crippen molar-refractivity contribution in [3.63, 3.8) is 0 Å². The molecule has 0 radical (unpaired) electrons. The normalized spacial score (nSPS) is 16.2. The van der Waals surface area contributed by atoms with Crippen LogP contribution in [0.4, 0.5) is 23.1 Å². The summed E-state index contributed by atoms with van der Waals surface area (Å²) < 4.78 is 7.51. The van der Waals surface area contributed by atoms with E-state index in [-0.39, 0.29) is 5.91 Å². The minimum Gasteiger partial charge on any atom is -0.378 e. The number of anilines is 4. The minimum absolute atomic E-state index is 0.226. The lowest BCUT2D eigenvalue weighted by molar-refractivity contribution is -0.127. The second kappa shape index (κ2) is 12.8. The summed E-state index contributed by atoms with van der Waals surface area (Å²) in [5.74, 6) is 1.45. The van der Waals surface area contributed by atoms with Crippen molar-refractivity contribution in [1.82, 2.24) is 29.3 Å². The molecule has 5 rings (SSSR count). The topological polar surface area (TPSA) is 104 Å². The zero-order valence-corrected chi connectivity index (χ0v) is 24.3. The summed E-state index contributed by atoms with van der Waals surface area (Å²) in [5.41, 5.74) is 3.59. The van der Waals surface area contributed by atoms with Gasteiger partial charge in [-0.1, -0.05) is 0 Å². The number of likely N-dealkylation sites (tertiary alicyclic amines) is 1. The molecule has 2 N–H and O–H groups in total. The Morgan fingerprint density at radius 1 is 1.00 bits per heavy atom. The smallest absolute Gasteiger partial charge is 0.231 e. The van der Waals surface area contributed by atoms with Gasteiger partial charge in [0.1, 0.15) is 0 Å². The highest BCUT2D eigenvalue weighted by atomic mass is 16.5. The Morgan fingerprint density at radius 3 is 2.42 bits per heavy atom. The zero-order valence-electron chi connectivity index (χ0n) is 24.3. The molecule has 216 valence electrons. The number of nitrogens with zero attached hydrogens (tertiary/aromatic N) is 7. The van der Waals surface area contributed by atoms with E-state index in [1.165, 1.54) is 5.69 Å². The maximum atomic E-state index is 12.1. The van der Waals surface area contributed by atoms with Crippen LogP contribution >= 0.6 is 0 Å². The van der Waals surface area contributed by atoms with Crippen LogP contribution in [0, 0.1) is 0 Å². The van der Waals surface area contributed by atoms with Crippen LogP contribution in [0.15, 0.2) is 30.6 Å². The van der Waals surface area contributed by atoms with Crippen molar-refractivity contribution in [3.05, 3.63) is 30.6 Å². The standard InChI is InChI=1S/C29H43N9O2/c1-21(2)38(22(3)4)13-11-30-27-26-28(37(20-31-26)15-14-36-12-5-6-25(36)39)34-29(33-27)32-23-7-9-24(10-8-23)35-16-18-40-19-17-35/h7-10,20-22H,5-6,11-19H2,1-4H3,(H2,30,32,33,34). The van der Waals surface area contributed by atoms with Gasteiger partial charge in [0.2, 0.25) is 11.9 Å². The van der Waals surface area contributed by atoms with Crippen LogP contribution in [-0.2, 0) is 16.1 Å². The fourth-order valence-corrected chi connectivity index (χ4v) is 5.58. The Kier molecular flexibility index (Phi) is 9.01. The molecule has 4 heterocycles. The summed E-state index contributed by atoms with van der Waals surface area (Å²) in [4.78, 5) is 33.2. The number of fused-ring (bicyclic) bond motifs is 1. The number of benzene rings is 1. The molecule has 11 nitrogen and oxygen atoms in total. The summed E-state index contributed by atoms with van der Waals surface area (Å²) in [6, 6.07) is 9.27. The van der Waals surface area contributed by atoms with Crippen LogP contribution in [0.2, 0.25) is 0 Å². The van der Waals surface area contributed by atoms with Crippen LogP contribution in [0.3, 0.4) is 0 Å². The predicted molar refractivity (Wildman–Crippen MR) is 159 cm³/mol. The maximum Gasteiger partial charge on any atom is 0.231 e. The Bertz CT molecular complexity index is 1260. The van der Waals surface area contributed by atoms with Gasteiger partial charge in [-0.15, -0.1) is 0 Å². The van der Waals surface area contributed by atoms with Gasteiger partial charge in [0.05, 0.1) is 19.5 Å². The summed E-state index contributed by atoms with van der Waals surface area (Å²) in [6.07, 6.45) is 3.38. The number of carbonyl (C=O) groups excluding carboxylic acids is 1. The molecule has 2 fully saturated rings. The Labute approximate surface area is 236 Å². The number of ether oxygens (including phenoxy) is 1. The number of nitrogens with one attached hydrogen (secondary N) is 2. The summed E-state index contributed by atoms with van der Waals surface area (Å²) in [7, 11) is 0. The second-order valence-electron chi connectivity index (χ2n) is 11.1. The van der Waals surface area contributed by atoms with E-state index < -0.39 is 0 Å². The van der Waals surface area contributed by atoms with Gasteiger partial charge in [-0.25, -0.2) is 4.98 Å². The molecule has 40 heavy (non-hydrogen) atoms. The average molecular weight is 550 g/mol. The number of carbonyl (C=O) groups is 1. The molecule has 1 aromatic carbocycles. The fourth-order valence-electron chi connectivity index (χ4n) is 5.58. The quantitative estimate of drug-likeness (QED) is 0.351. The number of imidazole rings is 1. The molecule has 11 heteroatoms. The molecule has 0 unspecified atom stereocenters. The van der Waals surface area contributed by atoms with Crippen molar-refractivity contribution in [1.29, 1.82) is 0 Å². The minimum atomic E-state index is 0.226. The highest BCUT2D eigenvalue weighted by molar-refractivity contribution is 5.85. The summed E-state index contributed by atoms with van der Waals surface area (Å²) in [5, 5.41) is 6.93. The van der Waals surface area contributed by atoms with Crippen LogP contribution in [-0.4, -0.2) is 99.8 Å². The van der Waals surface area contributed by atoms with E-state index in [1.54, 1.807) is 6.33 Å². The third-order valence-corrected chi connectivity index (χ3v) is 7.73. The van der Waals surface area contributed by atoms with Crippen molar-refractivity contribution in [2.75, 3.05) is 68.0 Å². The van der Waals surface area contributed by atoms with Crippen molar-refractivity contribution in [2.45, 2.75) is 59.2 Å². The van der Waals surface area contributed by atoms with E-state index in [0.717, 1.165) is 69.2 Å². The number of aromatic nitrogens is 4. The average Bonchev–Trinajstić information content (AvgIpc) is 3.55. The zero-order chi connectivity index (χ0) is 28.1. The van der Waals surface area contributed by atoms with Crippen molar-refractivity contribution < 1.29 is 9.53 Å². The summed E-state index contributed by atoms with van der Waals surface area (Å²) >= 11 is 0. The van der Waals surface area contributed by atoms with Crippen LogP contribution in [0.5, 0.6) is 0 Å². The monoisotopic (exact) mass is 549 g/mol. The van der Waals surface area contributed by atoms with Crippen LogP contribution < -0.4 is 15.5 Å². The Balaban J connectivity index is 1.36. The molecule has 0 saturated carbocycles. The van der Waals surface area contributed by atoms with Gasteiger partial charge in [0, 0.05) is 75.7 Å². The molecule has 0 spiro atoms. The first-order valence-corrected chi connectivity index (χ1v) is 14.6. The number of amides is 1. The molecule has 1 amide bonds. The van der Waals surface area contributed by atoms with Gasteiger partial charge in [0.15, 0.2) is 17.0 Å². The molecule has 3 aromatic rings. The van der Waals surface area contributed by atoms with Gasteiger partial charge in [-0.05, 0) is 58.4 Å². The molecule has 0 bridgehead atoms. The van der Waals surface area contributed by atoms with E-state index in [4.69, 9.17) is 14.7 Å². The predicted octanol–water partition coefficient (Wildman–Crippen LogP) is 3.56. The van der Waals surface area contributed by atoms with E-state index in [2.05, 4.69) is 77.4 Å². The Morgan fingerprint density at radius 2 is 1.75 bits per heavy atom. The molecule has 0 aliphatic carbocycles. The fraction of sp³-hybridized carbons (Fsp3) is 0.586. The molecular weight excluding hydrogens is 506 g/mol. The first-order valence-electron chi connectivity index (χ1n) is 14.6. The van der Waals surface area contributed by atoms with E-state index >= 15 is 0 Å². The Hall–Kier alpha value is -3.44. The van der Waals surface area contributed by atoms with Gasteiger partial charge in [0.25, 0.3) is 0 Å². The second-order valence-corrected chi connectivity index (χ2v) is 11.1. The summed E-state index contributed by atoms with van der Waals surface area (Å²) in [6.45, 7) is 16.0. The lowest BCUT2D eigenvalue weighted by Crippen LogP contribution is -2.40. The maximum absolute atomic E-state index is 12.1. The van der Waals surface area contributed by atoms with Gasteiger partial charge in [-0.3, -0.25) is 9.69 Å². The lowest BCUT2D eigenvalue weighted by Gasteiger charge is -2.30. The molecule has 0 atom stereocenters. The molecular formula is C29H43N9O2. The third-order valence-electron chi connectivity index (χ3n) is 7.73. The number of rotatable bonds is 12. The third kappa shape index (κ3) is 6.64. The van der Waals surface area contributed by atoms with E-state index in [0.29, 0.717) is 43.4 Å². The van der Waals surface area contributed by atoms with E-state index in [9.17, 15) is 4.79 Å². The highest BCUT2D eigenvalue weighted by Crippen LogP contribution is 2.25. The van der Waals surface area contributed by atoms with Gasteiger partial charge < -0.3 is 29.7 Å². The van der Waals surface area contributed by atoms with Crippen LogP contribution in [0.1, 0.15) is 40.5 Å². The van der Waals surface area contributed by atoms with Crippen molar-refractivity contribution >= 4 is 40.2 Å². The first kappa shape index (κ1) is 28.1. The first-order chi connectivity index (χ1) is 19.4. The van der Waals surface area contributed by atoms with Crippen LogP contribution in [0.25, 0.3) is 11.2 Å². The van der Waals surface area contributed by atoms with Crippen molar-refractivity contribution in [2.24, 2.45) is 0 Å². The lowest BCUT2D eigenvalue weighted by atomic mass is 10.2. The molecule has 2 aromatic heterocycles. The van der Waals surface area contributed by atoms with Crippen molar-refractivity contribution in [3.8, 4) is 0 Å². The molecule has 2 aliphatic heterocycles. The van der Waals surface area contributed by atoms with Gasteiger partial charge >= 0.3 is 0 Å². The van der Waals surface area contributed by atoms with E-state index in [1.807, 2.05) is 9.47 Å². The number of hydrogen-bond acceptors (Lipinski definition) is 9. The SMILES string of the molecule is CC(C)N(CCNc1nc(Nc2ccc(N3CCOCC3)cc2)nc2c1ncn2CCN1CCCC1=O)C(C)C. The highest BCUT2D eigenvalue weighted by Gasteiger charge is 2.21. The van der Waals surface area contributed by atoms with Gasteiger partial charge in [-0.2, -0.15) is 9.97 Å². The number of hydrogen-bond donors (Lipinski definition) is 2.